The molecule has 134 valence electrons. The summed E-state index contributed by atoms with van der Waals surface area (Å²) in [5.74, 6) is -0.711. The van der Waals surface area contributed by atoms with Crippen LogP contribution in [-0.2, 0) is 28.6 Å². The van der Waals surface area contributed by atoms with Crippen molar-refractivity contribution in [3.63, 3.8) is 0 Å². The van der Waals surface area contributed by atoms with Gasteiger partial charge in [0.05, 0.1) is 12.7 Å². The van der Waals surface area contributed by atoms with E-state index in [4.69, 9.17) is 14.2 Å². The molecule has 6 heteroatoms. The van der Waals surface area contributed by atoms with Crippen molar-refractivity contribution in [2.24, 2.45) is 0 Å². The summed E-state index contributed by atoms with van der Waals surface area (Å²) < 4.78 is 15.6. The van der Waals surface area contributed by atoms with Crippen LogP contribution in [0.2, 0.25) is 0 Å². The molecule has 0 saturated heterocycles. The number of ether oxygens (including phenoxy) is 3. The van der Waals surface area contributed by atoms with Gasteiger partial charge in [-0.3, -0.25) is 14.4 Å². The van der Waals surface area contributed by atoms with Crippen LogP contribution in [-0.4, -0.2) is 36.7 Å². The second-order valence-electron chi connectivity index (χ2n) is 5.41. The molecule has 23 heavy (non-hydrogen) atoms. The van der Waals surface area contributed by atoms with Gasteiger partial charge in [0.25, 0.3) is 0 Å². The number of hydrogen-bond acceptors (Lipinski definition) is 6. The van der Waals surface area contributed by atoms with E-state index in [0.717, 1.165) is 0 Å². The fraction of sp³-hybridized carbons (Fsp3) is 0.824. The quantitative estimate of drug-likeness (QED) is 0.311. The maximum absolute atomic E-state index is 11.5. The Kier molecular flexibility index (Phi) is 12.0. The van der Waals surface area contributed by atoms with Crippen molar-refractivity contribution in [3.8, 4) is 0 Å². The van der Waals surface area contributed by atoms with Gasteiger partial charge in [-0.05, 0) is 32.6 Å². The van der Waals surface area contributed by atoms with Crippen molar-refractivity contribution in [1.29, 1.82) is 0 Å². The Hall–Kier alpha value is -1.59. The van der Waals surface area contributed by atoms with Crippen LogP contribution in [0.4, 0.5) is 0 Å². The minimum absolute atomic E-state index is 0.205. The Bertz CT molecular complexity index is 366. The van der Waals surface area contributed by atoms with E-state index in [1.165, 1.54) is 0 Å². The van der Waals surface area contributed by atoms with Crippen LogP contribution >= 0.6 is 0 Å². The first kappa shape index (κ1) is 21.4. The molecule has 0 unspecified atom stereocenters. The van der Waals surface area contributed by atoms with Gasteiger partial charge in [0.2, 0.25) is 0 Å². The molecule has 0 aromatic carbocycles. The SMILES string of the molecule is CCC(=O)OCCC[C@@H](CC[C@@H](C)OC(=O)CC)OC(=O)CC. The van der Waals surface area contributed by atoms with E-state index in [1.54, 1.807) is 20.8 Å². The van der Waals surface area contributed by atoms with Crippen LogP contribution in [0.25, 0.3) is 0 Å². The molecule has 0 saturated carbocycles. The average molecular weight is 330 g/mol. The highest BCUT2D eigenvalue weighted by Gasteiger charge is 2.16. The molecule has 0 bridgehead atoms. The summed E-state index contributed by atoms with van der Waals surface area (Å²) in [6.07, 6.45) is 3.08. The zero-order chi connectivity index (χ0) is 17.7. The summed E-state index contributed by atoms with van der Waals surface area (Å²) in [7, 11) is 0. The Morgan fingerprint density at radius 2 is 1.35 bits per heavy atom. The number of rotatable bonds is 12. The van der Waals surface area contributed by atoms with E-state index in [9.17, 15) is 14.4 Å². The molecule has 0 aromatic rings. The van der Waals surface area contributed by atoms with E-state index in [-0.39, 0.29) is 30.1 Å². The first-order valence-corrected chi connectivity index (χ1v) is 8.47. The number of hydrogen-bond donors (Lipinski definition) is 0. The lowest BCUT2D eigenvalue weighted by atomic mass is 10.1. The molecule has 0 amide bonds. The molecule has 0 spiro atoms. The second kappa shape index (κ2) is 12.9. The van der Waals surface area contributed by atoms with Gasteiger partial charge in [-0.2, -0.15) is 0 Å². The first-order valence-electron chi connectivity index (χ1n) is 8.47. The summed E-state index contributed by atoms with van der Waals surface area (Å²) >= 11 is 0. The highest BCUT2D eigenvalue weighted by atomic mass is 16.6. The third-order valence-corrected chi connectivity index (χ3v) is 3.33. The van der Waals surface area contributed by atoms with Crippen molar-refractivity contribution >= 4 is 17.9 Å². The van der Waals surface area contributed by atoms with Crippen molar-refractivity contribution < 1.29 is 28.6 Å². The van der Waals surface area contributed by atoms with Gasteiger partial charge in [0.1, 0.15) is 6.10 Å². The third kappa shape index (κ3) is 11.6. The normalized spacial score (nSPS) is 13.0. The van der Waals surface area contributed by atoms with Crippen molar-refractivity contribution in [1.82, 2.24) is 0 Å². The lowest BCUT2D eigenvalue weighted by molar-refractivity contribution is -0.153. The maximum Gasteiger partial charge on any atom is 0.305 e. The zero-order valence-electron chi connectivity index (χ0n) is 14.8. The van der Waals surface area contributed by atoms with E-state index in [0.29, 0.717) is 51.6 Å². The lowest BCUT2D eigenvalue weighted by Gasteiger charge is -2.20. The monoisotopic (exact) mass is 330 g/mol. The fourth-order valence-electron chi connectivity index (χ4n) is 1.92. The number of carbonyl (C=O) groups excluding carboxylic acids is 3. The van der Waals surface area contributed by atoms with Crippen LogP contribution in [0.3, 0.4) is 0 Å². The standard InChI is InChI=1S/C17H30O6/c1-5-15(18)21-12-8-9-14(23-17(20)7-3)11-10-13(4)22-16(19)6-2/h13-14H,5-12H2,1-4H3/t13-,14+/m1/s1. The zero-order valence-corrected chi connectivity index (χ0v) is 14.8. The molecular formula is C17H30O6. The Labute approximate surface area is 138 Å². The molecule has 0 radical (unpaired) electrons. The molecule has 0 N–H and O–H groups in total. The van der Waals surface area contributed by atoms with Gasteiger partial charge in [-0.1, -0.05) is 20.8 Å². The molecule has 0 heterocycles. The average Bonchev–Trinajstić information content (AvgIpc) is 2.55. The summed E-state index contributed by atoms with van der Waals surface area (Å²) in [6.45, 7) is 7.39. The van der Waals surface area contributed by atoms with Crippen molar-refractivity contribution in [2.75, 3.05) is 6.61 Å². The van der Waals surface area contributed by atoms with Crippen molar-refractivity contribution in [3.05, 3.63) is 0 Å². The van der Waals surface area contributed by atoms with Crippen LogP contribution < -0.4 is 0 Å². The smallest absolute Gasteiger partial charge is 0.305 e. The first-order chi connectivity index (χ1) is 10.9. The van der Waals surface area contributed by atoms with E-state index in [2.05, 4.69) is 0 Å². The summed E-state index contributed by atoms with van der Waals surface area (Å²) in [5.41, 5.74) is 0. The summed E-state index contributed by atoms with van der Waals surface area (Å²) in [5, 5.41) is 0. The van der Waals surface area contributed by atoms with Gasteiger partial charge in [0, 0.05) is 19.3 Å². The molecule has 0 aliphatic heterocycles. The predicted molar refractivity (Wildman–Crippen MR) is 85.7 cm³/mol. The molecule has 0 aliphatic carbocycles. The van der Waals surface area contributed by atoms with Crippen LogP contribution in [0.5, 0.6) is 0 Å². The van der Waals surface area contributed by atoms with E-state index in [1.807, 2.05) is 6.92 Å². The van der Waals surface area contributed by atoms with Gasteiger partial charge in [0.15, 0.2) is 0 Å². The van der Waals surface area contributed by atoms with Crippen LogP contribution in [0.15, 0.2) is 0 Å². The predicted octanol–water partition coefficient (Wildman–Crippen LogP) is 3.16. The fourth-order valence-corrected chi connectivity index (χ4v) is 1.92. The number of carbonyl (C=O) groups is 3. The molecule has 2 atom stereocenters. The van der Waals surface area contributed by atoms with Crippen LogP contribution in [0.1, 0.15) is 72.6 Å². The van der Waals surface area contributed by atoms with E-state index < -0.39 is 0 Å². The molecule has 6 nitrogen and oxygen atoms in total. The second-order valence-corrected chi connectivity index (χ2v) is 5.41. The maximum atomic E-state index is 11.5. The Morgan fingerprint density at radius 1 is 0.783 bits per heavy atom. The summed E-state index contributed by atoms with van der Waals surface area (Å²) in [6, 6.07) is 0. The highest BCUT2D eigenvalue weighted by Crippen LogP contribution is 2.14. The Balaban J connectivity index is 4.20. The topological polar surface area (TPSA) is 78.9 Å². The highest BCUT2D eigenvalue weighted by molar-refractivity contribution is 5.69. The molecular weight excluding hydrogens is 300 g/mol. The van der Waals surface area contributed by atoms with Gasteiger partial charge in [-0.15, -0.1) is 0 Å². The van der Waals surface area contributed by atoms with Gasteiger partial charge >= 0.3 is 17.9 Å². The van der Waals surface area contributed by atoms with Crippen molar-refractivity contribution in [2.45, 2.75) is 84.8 Å². The minimum atomic E-state index is -0.251. The molecule has 0 rings (SSSR count). The Morgan fingerprint density at radius 3 is 1.91 bits per heavy atom. The van der Waals surface area contributed by atoms with Gasteiger partial charge < -0.3 is 14.2 Å². The molecule has 0 aromatic heterocycles. The number of esters is 3. The van der Waals surface area contributed by atoms with E-state index >= 15 is 0 Å². The summed E-state index contributed by atoms with van der Waals surface area (Å²) in [4.78, 5) is 33.8. The molecule has 0 aliphatic rings. The van der Waals surface area contributed by atoms with Crippen LogP contribution in [0, 0.1) is 0 Å². The molecule has 0 fully saturated rings. The largest absolute Gasteiger partial charge is 0.466 e. The third-order valence-electron chi connectivity index (χ3n) is 3.33. The van der Waals surface area contributed by atoms with Gasteiger partial charge in [-0.25, -0.2) is 0 Å². The lowest BCUT2D eigenvalue weighted by Crippen LogP contribution is -2.22. The minimum Gasteiger partial charge on any atom is -0.466 e.